The maximum absolute atomic E-state index is 11.3. The lowest BCUT2D eigenvalue weighted by atomic mass is 10.2. The Bertz CT molecular complexity index is 328. The summed E-state index contributed by atoms with van der Waals surface area (Å²) in [6, 6.07) is 3.72. The lowest BCUT2D eigenvalue weighted by Gasteiger charge is -2.06. The van der Waals surface area contributed by atoms with Gasteiger partial charge in [-0.05, 0) is 19.4 Å². The topological polar surface area (TPSA) is 48.0 Å². The maximum Gasteiger partial charge on any atom is 0.271 e. The minimum Gasteiger partial charge on any atom is -0.336 e. The van der Waals surface area contributed by atoms with E-state index in [0.29, 0.717) is 5.56 Å². The normalized spacial score (nSPS) is 10.2. The molecule has 0 spiro atoms. The Labute approximate surface area is 71.8 Å². The van der Waals surface area contributed by atoms with Crippen molar-refractivity contribution >= 4 is 0 Å². The van der Waals surface area contributed by atoms with E-state index in [9.17, 15) is 4.79 Å². The van der Waals surface area contributed by atoms with Crippen LogP contribution in [0, 0.1) is 6.92 Å². The largest absolute Gasteiger partial charge is 0.336 e. The molecule has 0 aliphatic rings. The molecule has 3 heteroatoms. The highest BCUT2D eigenvalue weighted by atomic mass is 16.1. The summed E-state index contributed by atoms with van der Waals surface area (Å²) in [7, 11) is 0. The Balaban J connectivity index is 3.18. The Morgan fingerprint density at radius 3 is 2.75 bits per heavy atom. The third-order valence-electron chi connectivity index (χ3n) is 1.90. The summed E-state index contributed by atoms with van der Waals surface area (Å²) in [5.74, 6) is 5.57. The molecule has 0 unspecified atom stereocenters. The highest BCUT2D eigenvalue weighted by Gasteiger charge is 2.00. The van der Waals surface area contributed by atoms with Gasteiger partial charge in [-0.3, -0.25) is 4.79 Å². The molecule has 1 rings (SSSR count). The van der Waals surface area contributed by atoms with Gasteiger partial charge in [-0.25, -0.2) is 4.68 Å². The van der Waals surface area contributed by atoms with Gasteiger partial charge in [0.1, 0.15) is 0 Å². The molecular weight excluding hydrogens is 152 g/mol. The Hall–Kier alpha value is -1.25. The molecule has 3 nitrogen and oxygen atoms in total. The predicted molar refractivity (Wildman–Crippen MR) is 49.6 cm³/mol. The second-order valence-corrected chi connectivity index (χ2v) is 2.93. The molecule has 0 bridgehead atoms. The minimum absolute atomic E-state index is 0.0963. The second kappa shape index (κ2) is 3.43. The van der Waals surface area contributed by atoms with Crippen LogP contribution in [0.25, 0.3) is 0 Å². The highest BCUT2D eigenvalue weighted by Crippen LogP contribution is 1.99. The number of aromatic nitrogens is 1. The lowest BCUT2D eigenvalue weighted by molar-refractivity contribution is 0.779. The van der Waals surface area contributed by atoms with Crippen LogP contribution in [0.2, 0.25) is 0 Å². The fourth-order valence-corrected chi connectivity index (χ4v) is 1.15. The van der Waals surface area contributed by atoms with Crippen LogP contribution in [0.15, 0.2) is 16.9 Å². The van der Waals surface area contributed by atoms with Crippen LogP contribution < -0.4 is 11.4 Å². The zero-order valence-corrected chi connectivity index (χ0v) is 7.50. The smallest absolute Gasteiger partial charge is 0.271 e. The van der Waals surface area contributed by atoms with Gasteiger partial charge < -0.3 is 5.84 Å². The quantitative estimate of drug-likeness (QED) is 0.661. The number of nitrogens with zero attached hydrogens (tertiary/aromatic N) is 1. The van der Waals surface area contributed by atoms with Crippen LogP contribution in [0.5, 0.6) is 0 Å². The van der Waals surface area contributed by atoms with Crippen LogP contribution in [-0.4, -0.2) is 4.68 Å². The van der Waals surface area contributed by atoms with Crippen LogP contribution in [-0.2, 0) is 6.42 Å². The first-order valence-electron chi connectivity index (χ1n) is 4.13. The number of hydrogen-bond donors (Lipinski definition) is 1. The number of pyridine rings is 1. The number of rotatable bonds is 2. The van der Waals surface area contributed by atoms with Crippen molar-refractivity contribution in [3.63, 3.8) is 0 Å². The summed E-state index contributed by atoms with van der Waals surface area (Å²) in [6.45, 7) is 3.83. The van der Waals surface area contributed by atoms with Gasteiger partial charge in [0, 0.05) is 11.3 Å². The Morgan fingerprint density at radius 1 is 1.50 bits per heavy atom. The van der Waals surface area contributed by atoms with Gasteiger partial charge in [-0.1, -0.05) is 19.4 Å². The predicted octanol–water partition coefficient (Wildman–Crippen LogP) is 0.823. The molecule has 0 fully saturated rings. The van der Waals surface area contributed by atoms with Crippen molar-refractivity contribution < 1.29 is 0 Å². The van der Waals surface area contributed by atoms with Gasteiger partial charge in [0.25, 0.3) is 5.56 Å². The highest BCUT2D eigenvalue weighted by molar-refractivity contribution is 5.14. The SMILES string of the molecule is CCCc1ccc(C)c(=O)n1N. The molecule has 0 radical (unpaired) electrons. The summed E-state index contributed by atoms with van der Waals surface area (Å²) >= 11 is 0. The molecule has 0 saturated carbocycles. The molecular formula is C9H14N2O. The van der Waals surface area contributed by atoms with Crippen LogP contribution >= 0.6 is 0 Å². The summed E-state index contributed by atoms with van der Waals surface area (Å²) in [6.07, 6.45) is 1.85. The van der Waals surface area contributed by atoms with Crippen LogP contribution in [0.3, 0.4) is 0 Å². The van der Waals surface area contributed by atoms with E-state index < -0.39 is 0 Å². The molecule has 66 valence electrons. The van der Waals surface area contributed by atoms with E-state index in [1.54, 1.807) is 6.92 Å². The summed E-state index contributed by atoms with van der Waals surface area (Å²) in [5, 5.41) is 0. The summed E-state index contributed by atoms with van der Waals surface area (Å²) in [4.78, 5) is 11.3. The second-order valence-electron chi connectivity index (χ2n) is 2.93. The number of nitrogen functional groups attached to an aromatic ring is 1. The first kappa shape index (κ1) is 8.84. The van der Waals surface area contributed by atoms with E-state index in [1.165, 1.54) is 4.68 Å². The molecule has 12 heavy (non-hydrogen) atoms. The zero-order chi connectivity index (χ0) is 9.14. The van der Waals surface area contributed by atoms with Crippen molar-refractivity contribution in [2.75, 3.05) is 5.84 Å². The molecule has 1 heterocycles. The fraction of sp³-hybridized carbons (Fsp3) is 0.444. The molecule has 1 aromatic heterocycles. The van der Waals surface area contributed by atoms with Gasteiger partial charge in [0.15, 0.2) is 0 Å². The van der Waals surface area contributed by atoms with Crippen molar-refractivity contribution in [3.8, 4) is 0 Å². The minimum atomic E-state index is -0.0963. The first-order chi connectivity index (χ1) is 5.66. The van der Waals surface area contributed by atoms with Gasteiger partial charge in [-0.2, -0.15) is 0 Å². The van der Waals surface area contributed by atoms with Crippen molar-refractivity contribution in [1.82, 2.24) is 4.68 Å². The Kier molecular flexibility index (Phi) is 2.53. The van der Waals surface area contributed by atoms with Gasteiger partial charge >= 0.3 is 0 Å². The molecule has 0 aliphatic carbocycles. The van der Waals surface area contributed by atoms with E-state index >= 15 is 0 Å². The van der Waals surface area contributed by atoms with Gasteiger partial charge in [0.2, 0.25) is 0 Å². The van der Waals surface area contributed by atoms with E-state index in [-0.39, 0.29) is 5.56 Å². The number of nitrogens with two attached hydrogens (primary N) is 1. The third kappa shape index (κ3) is 1.49. The van der Waals surface area contributed by atoms with E-state index in [0.717, 1.165) is 18.5 Å². The molecule has 2 N–H and O–H groups in total. The maximum atomic E-state index is 11.3. The molecule has 0 aromatic carbocycles. The number of aryl methyl sites for hydroxylation is 2. The van der Waals surface area contributed by atoms with E-state index in [2.05, 4.69) is 6.92 Å². The van der Waals surface area contributed by atoms with Gasteiger partial charge in [-0.15, -0.1) is 0 Å². The van der Waals surface area contributed by atoms with Crippen LogP contribution in [0.4, 0.5) is 0 Å². The fourth-order valence-electron chi connectivity index (χ4n) is 1.15. The average Bonchev–Trinajstić information content (AvgIpc) is 2.07. The van der Waals surface area contributed by atoms with E-state index in [4.69, 9.17) is 5.84 Å². The molecule has 1 aromatic rings. The summed E-state index contributed by atoms with van der Waals surface area (Å²) in [5.41, 5.74) is 1.49. The van der Waals surface area contributed by atoms with Crippen molar-refractivity contribution in [3.05, 3.63) is 33.7 Å². The first-order valence-corrected chi connectivity index (χ1v) is 4.13. The van der Waals surface area contributed by atoms with Crippen LogP contribution in [0.1, 0.15) is 24.6 Å². The van der Waals surface area contributed by atoms with Crippen molar-refractivity contribution in [2.24, 2.45) is 0 Å². The molecule has 0 amide bonds. The lowest BCUT2D eigenvalue weighted by Crippen LogP contribution is -2.31. The third-order valence-corrected chi connectivity index (χ3v) is 1.90. The standard InChI is InChI=1S/C9H14N2O/c1-3-4-8-6-5-7(2)9(12)11(8)10/h5-6H,3-4,10H2,1-2H3. The van der Waals surface area contributed by atoms with Crippen molar-refractivity contribution in [1.29, 1.82) is 0 Å². The Morgan fingerprint density at radius 2 is 2.17 bits per heavy atom. The van der Waals surface area contributed by atoms with Gasteiger partial charge in [0.05, 0.1) is 0 Å². The molecule has 0 atom stereocenters. The number of hydrogen-bond acceptors (Lipinski definition) is 2. The van der Waals surface area contributed by atoms with Crippen molar-refractivity contribution in [2.45, 2.75) is 26.7 Å². The summed E-state index contributed by atoms with van der Waals surface area (Å²) < 4.78 is 1.23. The molecule has 0 aliphatic heterocycles. The van der Waals surface area contributed by atoms with E-state index in [1.807, 2.05) is 12.1 Å². The zero-order valence-electron chi connectivity index (χ0n) is 7.50. The average molecular weight is 166 g/mol. The molecule has 0 saturated heterocycles. The monoisotopic (exact) mass is 166 g/mol.